The number of urea groups is 1. The number of nitrogens with zero attached hydrogens (tertiary/aromatic N) is 1. The van der Waals surface area contributed by atoms with Gasteiger partial charge >= 0.3 is 6.03 Å². The quantitative estimate of drug-likeness (QED) is 0.758. The number of rotatable bonds is 4. The van der Waals surface area contributed by atoms with E-state index in [1.807, 2.05) is 29.2 Å². The molecule has 1 aromatic rings. The average Bonchev–Trinajstić information content (AvgIpc) is 2.56. The van der Waals surface area contributed by atoms with Crippen molar-refractivity contribution in [1.29, 1.82) is 0 Å². The van der Waals surface area contributed by atoms with Crippen LogP contribution in [0.15, 0.2) is 24.3 Å². The van der Waals surface area contributed by atoms with Gasteiger partial charge in [0.1, 0.15) is 5.75 Å². The van der Waals surface area contributed by atoms with Gasteiger partial charge in [0, 0.05) is 31.1 Å². The van der Waals surface area contributed by atoms with Gasteiger partial charge in [-0.3, -0.25) is 9.69 Å². The fourth-order valence-corrected chi connectivity index (χ4v) is 3.33. The highest BCUT2D eigenvalue weighted by Crippen LogP contribution is 2.31. The van der Waals surface area contributed by atoms with Crippen molar-refractivity contribution in [3.63, 3.8) is 0 Å². The summed E-state index contributed by atoms with van der Waals surface area (Å²) in [7, 11) is 0. The molecule has 1 unspecified atom stereocenters. The van der Waals surface area contributed by atoms with E-state index in [0.717, 1.165) is 43.7 Å². The van der Waals surface area contributed by atoms with Crippen LogP contribution in [0.1, 0.15) is 30.9 Å². The maximum atomic E-state index is 12.3. The van der Waals surface area contributed by atoms with Gasteiger partial charge in [0.05, 0.1) is 19.2 Å². The van der Waals surface area contributed by atoms with Crippen LogP contribution in [-0.4, -0.2) is 49.1 Å². The third kappa shape index (κ3) is 4.17. The van der Waals surface area contributed by atoms with Gasteiger partial charge in [-0.1, -0.05) is 18.2 Å². The number of hydrogen-bond donors (Lipinski definition) is 3. The van der Waals surface area contributed by atoms with E-state index in [9.17, 15) is 9.59 Å². The van der Waals surface area contributed by atoms with Crippen molar-refractivity contribution in [2.75, 3.05) is 26.2 Å². The number of benzene rings is 1. The van der Waals surface area contributed by atoms with Crippen molar-refractivity contribution in [1.82, 2.24) is 15.5 Å². The molecule has 0 spiro atoms. The number of nitrogens with one attached hydrogen (secondary N) is 2. The van der Waals surface area contributed by atoms with Crippen molar-refractivity contribution in [2.45, 2.75) is 31.3 Å². The zero-order chi connectivity index (χ0) is 16.9. The van der Waals surface area contributed by atoms with E-state index in [2.05, 4.69) is 10.6 Å². The van der Waals surface area contributed by atoms with Gasteiger partial charge in [-0.05, 0) is 18.9 Å². The monoisotopic (exact) mass is 332 g/mol. The SMILES string of the molecule is NC(=O)CN1CCC(NC(=O)NC2CCOc3ccccc32)CC1. The normalized spacial score (nSPS) is 21.4. The van der Waals surface area contributed by atoms with Gasteiger partial charge in [-0.15, -0.1) is 0 Å². The van der Waals surface area contributed by atoms with Gasteiger partial charge in [0.15, 0.2) is 0 Å². The summed E-state index contributed by atoms with van der Waals surface area (Å²) in [5.41, 5.74) is 6.23. The first kappa shape index (κ1) is 16.6. The number of ether oxygens (including phenoxy) is 1. The second kappa shape index (κ2) is 7.53. The maximum absolute atomic E-state index is 12.3. The molecule has 0 bridgehead atoms. The third-order valence-corrected chi connectivity index (χ3v) is 4.57. The maximum Gasteiger partial charge on any atom is 0.315 e. The van der Waals surface area contributed by atoms with Crippen LogP contribution in [0, 0.1) is 0 Å². The summed E-state index contributed by atoms with van der Waals surface area (Å²) in [4.78, 5) is 25.3. The Bertz CT molecular complexity index is 599. The average molecular weight is 332 g/mol. The Balaban J connectivity index is 1.48. The Morgan fingerprint density at radius 1 is 1.17 bits per heavy atom. The summed E-state index contributed by atoms with van der Waals surface area (Å²) >= 11 is 0. The molecule has 3 rings (SSSR count). The van der Waals surface area contributed by atoms with Crippen LogP contribution in [0.5, 0.6) is 5.75 Å². The summed E-state index contributed by atoms with van der Waals surface area (Å²) in [5.74, 6) is 0.533. The van der Waals surface area contributed by atoms with Crippen molar-refractivity contribution in [3.8, 4) is 5.75 Å². The Morgan fingerprint density at radius 3 is 2.67 bits per heavy atom. The largest absolute Gasteiger partial charge is 0.493 e. The minimum Gasteiger partial charge on any atom is -0.493 e. The highest BCUT2D eigenvalue weighted by molar-refractivity contribution is 5.76. The molecule has 7 heteroatoms. The molecule has 0 radical (unpaired) electrons. The van der Waals surface area contributed by atoms with E-state index in [1.165, 1.54) is 0 Å². The third-order valence-electron chi connectivity index (χ3n) is 4.57. The number of piperidine rings is 1. The standard InChI is InChI=1S/C17H24N4O3/c18-16(22)11-21-8-5-12(6-9-21)19-17(23)20-14-7-10-24-15-4-2-1-3-13(14)15/h1-4,12,14H,5-11H2,(H2,18,22)(H2,19,20,23). The van der Waals surface area contributed by atoms with Crippen LogP contribution in [0.3, 0.4) is 0 Å². The van der Waals surface area contributed by atoms with Gasteiger partial charge < -0.3 is 21.1 Å². The molecule has 1 atom stereocenters. The summed E-state index contributed by atoms with van der Waals surface area (Å²) in [5, 5.41) is 6.09. The molecular weight excluding hydrogens is 308 g/mol. The second-order valence-corrected chi connectivity index (χ2v) is 6.36. The number of hydrogen-bond acceptors (Lipinski definition) is 4. The minimum absolute atomic E-state index is 0.0232. The molecule has 1 saturated heterocycles. The minimum atomic E-state index is -0.308. The number of fused-ring (bicyclic) bond motifs is 1. The van der Waals surface area contributed by atoms with E-state index < -0.39 is 0 Å². The van der Waals surface area contributed by atoms with Crippen LogP contribution in [0.2, 0.25) is 0 Å². The number of nitrogens with two attached hydrogens (primary N) is 1. The van der Waals surface area contributed by atoms with E-state index in [0.29, 0.717) is 6.61 Å². The number of amides is 3. The van der Waals surface area contributed by atoms with Crippen molar-refractivity contribution < 1.29 is 14.3 Å². The number of carbonyl (C=O) groups excluding carboxylic acids is 2. The summed E-state index contributed by atoms with van der Waals surface area (Å²) < 4.78 is 5.61. The zero-order valence-electron chi connectivity index (χ0n) is 13.7. The highest BCUT2D eigenvalue weighted by atomic mass is 16.5. The molecular formula is C17H24N4O3. The Hall–Kier alpha value is -2.28. The highest BCUT2D eigenvalue weighted by Gasteiger charge is 2.25. The Morgan fingerprint density at radius 2 is 1.92 bits per heavy atom. The molecule has 130 valence electrons. The van der Waals surface area contributed by atoms with E-state index in [-0.39, 0.29) is 30.6 Å². The number of likely N-dealkylation sites (tertiary alicyclic amines) is 1. The smallest absolute Gasteiger partial charge is 0.315 e. The summed E-state index contributed by atoms with van der Waals surface area (Å²) in [6, 6.07) is 7.76. The van der Waals surface area contributed by atoms with Gasteiger partial charge in [-0.2, -0.15) is 0 Å². The lowest BCUT2D eigenvalue weighted by molar-refractivity contribution is -0.119. The predicted molar refractivity (Wildman–Crippen MR) is 89.6 cm³/mol. The lowest BCUT2D eigenvalue weighted by Gasteiger charge is -2.32. The van der Waals surface area contributed by atoms with Gasteiger partial charge in [0.2, 0.25) is 5.91 Å². The van der Waals surface area contributed by atoms with Crippen molar-refractivity contribution in [3.05, 3.63) is 29.8 Å². The molecule has 0 saturated carbocycles. The molecule has 7 nitrogen and oxygen atoms in total. The van der Waals surface area contributed by atoms with Crippen molar-refractivity contribution >= 4 is 11.9 Å². The molecule has 0 aromatic heterocycles. The number of para-hydroxylation sites is 1. The molecule has 1 fully saturated rings. The second-order valence-electron chi connectivity index (χ2n) is 6.36. The molecule has 4 N–H and O–H groups in total. The van der Waals surface area contributed by atoms with Gasteiger partial charge in [0.25, 0.3) is 0 Å². The Labute approximate surface area is 141 Å². The van der Waals surface area contributed by atoms with Crippen LogP contribution >= 0.6 is 0 Å². The summed E-state index contributed by atoms with van der Waals surface area (Å²) in [6.07, 6.45) is 2.41. The number of carbonyl (C=O) groups is 2. The van der Waals surface area contributed by atoms with Crippen LogP contribution in [0.4, 0.5) is 4.79 Å². The lowest BCUT2D eigenvalue weighted by Crippen LogP contribution is -2.50. The van der Waals surface area contributed by atoms with E-state index >= 15 is 0 Å². The summed E-state index contributed by atoms with van der Waals surface area (Å²) in [6.45, 7) is 2.44. The molecule has 2 aliphatic rings. The molecule has 0 aliphatic carbocycles. The number of primary amides is 1. The zero-order valence-corrected chi connectivity index (χ0v) is 13.7. The predicted octanol–water partition coefficient (Wildman–Crippen LogP) is 0.759. The van der Waals surface area contributed by atoms with Crippen LogP contribution < -0.4 is 21.1 Å². The molecule has 3 amide bonds. The first-order valence-corrected chi connectivity index (χ1v) is 8.41. The first-order valence-electron chi connectivity index (χ1n) is 8.41. The fourth-order valence-electron chi connectivity index (χ4n) is 3.33. The molecule has 1 aromatic carbocycles. The van der Waals surface area contributed by atoms with E-state index in [4.69, 9.17) is 10.5 Å². The lowest BCUT2D eigenvalue weighted by atomic mass is 10.0. The van der Waals surface area contributed by atoms with Gasteiger partial charge in [-0.25, -0.2) is 4.79 Å². The first-order chi connectivity index (χ1) is 11.6. The topological polar surface area (TPSA) is 96.7 Å². The molecule has 2 heterocycles. The van der Waals surface area contributed by atoms with Crippen LogP contribution in [-0.2, 0) is 4.79 Å². The molecule has 2 aliphatic heterocycles. The Kier molecular flexibility index (Phi) is 5.20. The van der Waals surface area contributed by atoms with Crippen LogP contribution in [0.25, 0.3) is 0 Å². The fraction of sp³-hybridized carbons (Fsp3) is 0.529. The van der Waals surface area contributed by atoms with E-state index in [1.54, 1.807) is 0 Å². The van der Waals surface area contributed by atoms with Crippen molar-refractivity contribution in [2.24, 2.45) is 5.73 Å². The molecule has 24 heavy (non-hydrogen) atoms.